The molecule has 106 valence electrons. The fourth-order valence-corrected chi connectivity index (χ4v) is 1.99. The molecule has 20 heavy (non-hydrogen) atoms. The highest BCUT2D eigenvalue weighted by Crippen LogP contribution is 2.16. The van der Waals surface area contributed by atoms with Gasteiger partial charge in [-0.2, -0.15) is 0 Å². The third-order valence-electron chi connectivity index (χ3n) is 2.37. The number of benzene rings is 1. The lowest BCUT2D eigenvalue weighted by atomic mass is 10.3. The molecule has 2 amide bonds. The van der Waals surface area contributed by atoms with E-state index in [1.54, 1.807) is 36.7 Å². The van der Waals surface area contributed by atoms with E-state index in [1.807, 2.05) is 0 Å². The fourth-order valence-electron chi connectivity index (χ4n) is 1.46. The molecule has 1 heterocycles. The Labute approximate surface area is 119 Å². The summed E-state index contributed by atoms with van der Waals surface area (Å²) in [7, 11) is 0. The maximum absolute atomic E-state index is 13.4. The number of hydrogen-bond acceptors (Lipinski definition) is 4. The Bertz CT molecular complexity index is 563. The molecule has 0 aliphatic carbocycles. The van der Waals surface area contributed by atoms with Gasteiger partial charge in [-0.3, -0.25) is 5.32 Å². The van der Waals surface area contributed by atoms with Crippen LogP contribution < -0.4 is 15.4 Å². The van der Waals surface area contributed by atoms with E-state index >= 15 is 0 Å². The number of hydrogen-bond donors (Lipinski definition) is 2. The number of thiazole rings is 1. The zero-order chi connectivity index (χ0) is 14.4. The summed E-state index contributed by atoms with van der Waals surface area (Å²) >= 11 is 1.33. The largest absolute Gasteiger partial charge is 0.486 e. The van der Waals surface area contributed by atoms with E-state index in [1.165, 1.54) is 17.4 Å². The van der Waals surface area contributed by atoms with Crippen molar-refractivity contribution in [3.8, 4) is 5.75 Å². The molecule has 0 aliphatic rings. The van der Waals surface area contributed by atoms with Gasteiger partial charge >= 0.3 is 6.03 Å². The van der Waals surface area contributed by atoms with Crippen LogP contribution in [0.2, 0.25) is 0 Å². The van der Waals surface area contributed by atoms with Crippen molar-refractivity contribution in [3.05, 3.63) is 41.7 Å². The number of urea groups is 1. The van der Waals surface area contributed by atoms with E-state index in [0.29, 0.717) is 5.13 Å². The third-order valence-corrected chi connectivity index (χ3v) is 3.06. The molecule has 1 atom stereocenters. The second kappa shape index (κ2) is 6.85. The molecule has 0 saturated carbocycles. The highest BCUT2D eigenvalue weighted by atomic mass is 32.1. The summed E-state index contributed by atoms with van der Waals surface area (Å²) in [6.45, 7) is 2.00. The van der Waals surface area contributed by atoms with E-state index < -0.39 is 5.82 Å². The molecule has 1 aromatic heterocycles. The Morgan fingerprint density at radius 2 is 2.30 bits per heavy atom. The first kappa shape index (κ1) is 14.3. The van der Waals surface area contributed by atoms with Gasteiger partial charge < -0.3 is 10.1 Å². The van der Waals surface area contributed by atoms with Crippen LogP contribution in [0.1, 0.15) is 6.92 Å². The SMILES string of the molecule is C[C@@H](CNC(=O)Nc1nccs1)Oc1ccccc1F. The normalized spacial score (nSPS) is 11.7. The van der Waals surface area contributed by atoms with Crippen molar-refractivity contribution < 1.29 is 13.9 Å². The Kier molecular flexibility index (Phi) is 4.89. The lowest BCUT2D eigenvalue weighted by Gasteiger charge is -2.15. The molecule has 7 heteroatoms. The van der Waals surface area contributed by atoms with Gasteiger partial charge in [-0.25, -0.2) is 14.2 Å². The van der Waals surface area contributed by atoms with Crippen molar-refractivity contribution >= 4 is 22.5 Å². The van der Waals surface area contributed by atoms with E-state index in [0.717, 1.165) is 0 Å². The number of carbonyl (C=O) groups excluding carboxylic acids is 1. The van der Waals surface area contributed by atoms with Gasteiger partial charge in [0, 0.05) is 11.6 Å². The minimum Gasteiger partial charge on any atom is -0.486 e. The number of carbonyl (C=O) groups is 1. The quantitative estimate of drug-likeness (QED) is 0.891. The minimum absolute atomic E-state index is 0.169. The van der Waals surface area contributed by atoms with Crippen LogP contribution in [0.4, 0.5) is 14.3 Å². The summed E-state index contributed by atoms with van der Waals surface area (Å²) in [5.74, 6) is -0.256. The number of amides is 2. The minimum atomic E-state index is -0.424. The van der Waals surface area contributed by atoms with Crippen LogP contribution in [0.25, 0.3) is 0 Å². The van der Waals surface area contributed by atoms with Crippen LogP contribution in [0.3, 0.4) is 0 Å². The van der Waals surface area contributed by atoms with Crippen LogP contribution in [0.5, 0.6) is 5.75 Å². The van der Waals surface area contributed by atoms with Gasteiger partial charge in [-0.05, 0) is 19.1 Å². The van der Waals surface area contributed by atoms with E-state index in [-0.39, 0.29) is 24.4 Å². The number of anilines is 1. The molecule has 0 unspecified atom stereocenters. The third kappa shape index (κ3) is 4.20. The molecule has 2 N–H and O–H groups in total. The molecule has 0 saturated heterocycles. The van der Waals surface area contributed by atoms with Crippen molar-refractivity contribution in [1.82, 2.24) is 10.3 Å². The first-order valence-electron chi connectivity index (χ1n) is 6.00. The zero-order valence-electron chi connectivity index (χ0n) is 10.8. The highest BCUT2D eigenvalue weighted by Gasteiger charge is 2.10. The summed E-state index contributed by atoms with van der Waals surface area (Å²) in [4.78, 5) is 15.5. The van der Waals surface area contributed by atoms with Gasteiger partial charge in [0.2, 0.25) is 0 Å². The summed E-state index contributed by atoms with van der Waals surface area (Å²) in [5.41, 5.74) is 0. The van der Waals surface area contributed by atoms with Crippen LogP contribution in [0.15, 0.2) is 35.8 Å². The molecule has 1 aromatic carbocycles. The number of ether oxygens (including phenoxy) is 1. The standard InChI is InChI=1S/C13H14FN3O2S/c1-9(19-11-5-3-2-4-10(11)14)8-16-12(18)17-13-15-6-7-20-13/h2-7,9H,8H2,1H3,(H2,15,16,17,18)/t9-/m0/s1. The van der Waals surface area contributed by atoms with Gasteiger partial charge in [0.15, 0.2) is 16.7 Å². The van der Waals surface area contributed by atoms with Crippen LogP contribution >= 0.6 is 11.3 Å². The van der Waals surface area contributed by atoms with Crippen molar-refractivity contribution in [2.75, 3.05) is 11.9 Å². The first-order valence-corrected chi connectivity index (χ1v) is 6.88. The molecule has 2 rings (SSSR count). The van der Waals surface area contributed by atoms with Gasteiger partial charge in [0.25, 0.3) is 0 Å². The second-order valence-electron chi connectivity index (χ2n) is 4.03. The number of nitrogens with one attached hydrogen (secondary N) is 2. The summed E-state index contributed by atoms with van der Waals surface area (Å²) < 4.78 is 18.8. The van der Waals surface area contributed by atoms with Crippen LogP contribution in [-0.4, -0.2) is 23.7 Å². The average Bonchev–Trinajstić information content (AvgIpc) is 2.92. The Hall–Kier alpha value is -2.15. The first-order chi connectivity index (χ1) is 9.65. The molecular weight excluding hydrogens is 281 g/mol. The number of para-hydroxylation sites is 1. The number of aromatic nitrogens is 1. The van der Waals surface area contributed by atoms with E-state index in [9.17, 15) is 9.18 Å². The Balaban J connectivity index is 1.76. The Morgan fingerprint density at radius 3 is 3.00 bits per heavy atom. The molecular formula is C13H14FN3O2S. The molecule has 0 spiro atoms. The highest BCUT2D eigenvalue weighted by molar-refractivity contribution is 7.13. The maximum Gasteiger partial charge on any atom is 0.321 e. The molecule has 0 aliphatic heterocycles. The molecule has 0 fully saturated rings. The number of rotatable bonds is 5. The maximum atomic E-state index is 13.4. The van der Waals surface area contributed by atoms with Crippen LogP contribution in [0, 0.1) is 5.82 Å². The molecule has 0 bridgehead atoms. The summed E-state index contributed by atoms with van der Waals surface area (Å²) in [6, 6.07) is 5.77. The topological polar surface area (TPSA) is 63.2 Å². The summed E-state index contributed by atoms with van der Waals surface area (Å²) in [5, 5.41) is 7.49. The lowest BCUT2D eigenvalue weighted by Crippen LogP contribution is -2.36. The van der Waals surface area contributed by atoms with E-state index in [4.69, 9.17) is 4.74 Å². The molecule has 5 nitrogen and oxygen atoms in total. The number of nitrogens with zero attached hydrogens (tertiary/aromatic N) is 1. The monoisotopic (exact) mass is 295 g/mol. The predicted octanol–water partition coefficient (Wildman–Crippen LogP) is 2.87. The van der Waals surface area contributed by atoms with Gasteiger partial charge in [-0.15, -0.1) is 11.3 Å². The second-order valence-corrected chi connectivity index (χ2v) is 4.93. The van der Waals surface area contributed by atoms with Gasteiger partial charge in [0.1, 0.15) is 6.10 Å². The predicted molar refractivity (Wildman–Crippen MR) is 75.6 cm³/mol. The number of halogens is 1. The Morgan fingerprint density at radius 1 is 1.50 bits per heavy atom. The fraction of sp³-hybridized carbons (Fsp3) is 0.231. The smallest absolute Gasteiger partial charge is 0.321 e. The summed E-state index contributed by atoms with van der Waals surface area (Å²) in [6.07, 6.45) is 1.25. The van der Waals surface area contributed by atoms with Crippen molar-refractivity contribution in [3.63, 3.8) is 0 Å². The van der Waals surface area contributed by atoms with Gasteiger partial charge in [-0.1, -0.05) is 12.1 Å². The average molecular weight is 295 g/mol. The molecule has 0 radical (unpaired) electrons. The van der Waals surface area contributed by atoms with Gasteiger partial charge in [0.05, 0.1) is 6.54 Å². The van der Waals surface area contributed by atoms with Crippen LogP contribution in [-0.2, 0) is 0 Å². The van der Waals surface area contributed by atoms with Crippen molar-refractivity contribution in [1.29, 1.82) is 0 Å². The van der Waals surface area contributed by atoms with E-state index in [2.05, 4.69) is 15.6 Å². The zero-order valence-corrected chi connectivity index (χ0v) is 11.6. The van der Waals surface area contributed by atoms with Crippen molar-refractivity contribution in [2.45, 2.75) is 13.0 Å². The lowest BCUT2D eigenvalue weighted by molar-refractivity contribution is 0.205. The molecule has 2 aromatic rings. The van der Waals surface area contributed by atoms with Crippen molar-refractivity contribution in [2.24, 2.45) is 0 Å².